The van der Waals surface area contributed by atoms with Crippen LogP contribution in [0.4, 0.5) is 0 Å². The number of pyridine rings is 1. The zero-order valence-corrected chi connectivity index (χ0v) is 12.8. The third kappa shape index (κ3) is 2.59. The number of hydrogen-bond acceptors (Lipinski definition) is 2. The number of methoxy groups -OCH3 is 1. The molecule has 0 aliphatic carbocycles. The van der Waals surface area contributed by atoms with Crippen molar-refractivity contribution in [2.24, 2.45) is 0 Å². The van der Waals surface area contributed by atoms with Crippen LogP contribution in [-0.2, 0) is 5.88 Å². The topological polar surface area (TPSA) is 22.1 Å². The summed E-state index contributed by atoms with van der Waals surface area (Å²) in [6.45, 7) is 2.07. The molecule has 3 heteroatoms. The maximum absolute atomic E-state index is 5.84. The molecule has 106 valence electrons. The second-order valence-corrected chi connectivity index (χ2v) is 5.28. The summed E-state index contributed by atoms with van der Waals surface area (Å²) in [5.74, 6) is 1.38. The number of alkyl halides is 1. The summed E-state index contributed by atoms with van der Waals surface area (Å²) in [4.78, 5) is 4.80. The van der Waals surface area contributed by atoms with Gasteiger partial charge in [-0.3, -0.25) is 0 Å². The molecule has 2 nitrogen and oxygen atoms in total. The number of halogens is 1. The standard InChI is InChI=1S/C18H16ClNO/c1-12-10-15-16(4-3-5-17(15)21-2)20-18(12)14-8-6-13(11-19)7-9-14/h3-10H,11H2,1-2H3. The predicted octanol–water partition coefficient (Wildman–Crippen LogP) is 4.96. The number of benzene rings is 2. The van der Waals surface area contributed by atoms with E-state index in [4.69, 9.17) is 21.3 Å². The zero-order chi connectivity index (χ0) is 14.8. The normalized spacial score (nSPS) is 10.8. The van der Waals surface area contributed by atoms with Gasteiger partial charge in [0, 0.05) is 16.8 Å². The van der Waals surface area contributed by atoms with Crippen LogP contribution in [0.25, 0.3) is 22.2 Å². The summed E-state index contributed by atoms with van der Waals surface area (Å²) >= 11 is 5.84. The van der Waals surface area contributed by atoms with E-state index in [0.29, 0.717) is 5.88 Å². The van der Waals surface area contributed by atoms with Crippen molar-refractivity contribution in [3.05, 3.63) is 59.7 Å². The third-order valence-electron chi connectivity index (χ3n) is 3.61. The Hall–Kier alpha value is -2.06. The minimum Gasteiger partial charge on any atom is -0.496 e. The Morgan fingerprint density at radius 1 is 1.10 bits per heavy atom. The summed E-state index contributed by atoms with van der Waals surface area (Å²) in [5, 5.41) is 1.04. The lowest BCUT2D eigenvalue weighted by Gasteiger charge is -2.10. The maximum atomic E-state index is 5.84. The molecule has 2 aromatic carbocycles. The highest BCUT2D eigenvalue weighted by atomic mass is 35.5. The van der Waals surface area contributed by atoms with Gasteiger partial charge in [-0.05, 0) is 36.2 Å². The third-order valence-corrected chi connectivity index (χ3v) is 3.92. The van der Waals surface area contributed by atoms with Crippen LogP contribution in [-0.4, -0.2) is 12.1 Å². The summed E-state index contributed by atoms with van der Waals surface area (Å²) < 4.78 is 5.40. The highest BCUT2D eigenvalue weighted by Gasteiger charge is 2.09. The molecule has 0 unspecified atom stereocenters. The SMILES string of the molecule is COc1cccc2nc(-c3ccc(CCl)cc3)c(C)cc12. The van der Waals surface area contributed by atoms with Crippen LogP contribution < -0.4 is 4.74 Å². The number of ether oxygens (including phenoxy) is 1. The Bertz CT molecular complexity index is 781. The maximum Gasteiger partial charge on any atom is 0.128 e. The Balaban J connectivity index is 2.16. The van der Waals surface area contributed by atoms with Crippen LogP contribution in [0.5, 0.6) is 5.75 Å². The molecule has 1 heterocycles. The van der Waals surface area contributed by atoms with Crippen LogP contribution in [0.3, 0.4) is 0 Å². The fraction of sp³-hybridized carbons (Fsp3) is 0.167. The van der Waals surface area contributed by atoms with Crippen molar-refractivity contribution in [3.8, 4) is 17.0 Å². The number of rotatable bonds is 3. The van der Waals surface area contributed by atoms with Crippen LogP contribution in [0, 0.1) is 6.92 Å². The van der Waals surface area contributed by atoms with E-state index in [1.54, 1.807) is 7.11 Å². The summed E-state index contributed by atoms with van der Waals surface area (Å²) in [6, 6.07) is 16.3. The van der Waals surface area contributed by atoms with Crippen molar-refractivity contribution < 1.29 is 4.74 Å². The smallest absolute Gasteiger partial charge is 0.128 e. The molecule has 0 N–H and O–H groups in total. The molecule has 1 aromatic heterocycles. The minimum absolute atomic E-state index is 0.529. The molecule has 0 atom stereocenters. The molecule has 0 aliphatic rings. The van der Waals surface area contributed by atoms with Gasteiger partial charge in [0.1, 0.15) is 5.75 Å². The average Bonchev–Trinajstić information content (AvgIpc) is 2.54. The first-order valence-electron chi connectivity index (χ1n) is 6.82. The van der Waals surface area contributed by atoms with Gasteiger partial charge in [-0.15, -0.1) is 11.6 Å². The fourth-order valence-electron chi connectivity index (χ4n) is 2.49. The number of aromatic nitrogens is 1. The number of nitrogens with zero attached hydrogens (tertiary/aromatic N) is 1. The molecule has 0 amide bonds. The number of hydrogen-bond donors (Lipinski definition) is 0. The lowest BCUT2D eigenvalue weighted by atomic mass is 10.0. The second kappa shape index (κ2) is 5.74. The Labute approximate surface area is 129 Å². The molecule has 0 spiro atoms. The van der Waals surface area contributed by atoms with Gasteiger partial charge in [-0.1, -0.05) is 30.3 Å². The summed E-state index contributed by atoms with van der Waals surface area (Å²) in [7, 11) is 1.68. The average molecular weight is 298 g/mol. The molecule has 21 heavy (non-hydrogen) atoms. The molecular weight excluding hydrogens is 282 g/mol. The van der Waals surface area contributed by atoms with Crippen LogP contribution >= 0.6 is 11.6 Å². The van der Waals surface area contributed by atoms with Gasteiger partial charge in [-0.2, -0.15) is 0 Å². The van der Waals surface area contributed by atoms with Crippen molar-refractivity contribution in [2.75, 3.05) is 7.11 Å². The molecule has 0 saturated carbocycles. The first kappa shape index (κ1) is 13.9. The first-order valence-corrected chi connectivity index (χ1v) is 7.36. The van der Waals surface area contributed by atoms with E-state index >= 15 is 0 Å². The van der Waals surface area contributed by atoms with Crippen molar-refractivity contribution in [2.45, 2.75) is 12.8 Å². The zero-order valence-electron chi connectivity index (χ0n) is 12.1. The number of fused-ring (bicyclic) bond motifs is 1. The van der Waals surface area contributed by atoms with E-state index in [9.17, 15) is 0 Å². The van der Waals surface area contributed by atoms with Gasteiger partial charge in [0.15, 0.2) is 0 Å². The van der Waals surface area contributed by atoms with Crippen LogP contribution in [0.2, 0.25) is 0 Å². The molecule has 0 saturated heterocycles. The van der Waals surface area contributed by atoms with Gasteiger partial charge in [0.2, 0.25) is 0 Å². The van der Waals surface area contributed by atoms with Crippen molar-refractivity contribution in [1.82, 2.24) is 4.98 Å². The van der Waals surface area contributed by atoms with Crippen molar-refractivity contribution in [1.29, 1.82) is 0 Å². The highest BCUT2D eigenvalue weighted by Crippen LogP contribution is 2.30. The van der Waals surface area contributed by atoms with Gasteiger partial charge < -0.3 is 4.74 Å². The van der Waals surface area contributed by atoms with E-state index in [-0.39, 0.29) is 0 Å². The van der Waals surface area contributed by atoms with E-state index in [2.05, 4.69) is 25.1 Å². The van der Waals surface area contributed by atoms with Gasteiger partial charge in [-0.25, -0.2) is 4.98 Å². The lowest BCUT2D eigenvalue weighted by Crippen LogP contribution is -1.93. The molecular formula is C18H16ClNO. The predicted molar refractivity (Wildman–Crippen MR) is 88.0 cm³/mol. The molecule has 3 rings (SSSR count). The van der Waals surface area contributed by atoms with Crippen LogP contribution in [0.1, 0.15) is 11.1 Å². The van der Waals surface area contributed by atoms with E-state index in [1.807, 2.05) is 30.3 Å². The molecule has 3 aromatic rings. The fourth-order valence-corrected chi connectivity index (χ4v) is 2.67. The Morgan fingerprint density at radius 3 is 2.52 bits per heavy atom. The summed E-state index contributed by atoms with van der Waals surface area (Å²) in [6.07, 6.45) is 0. The van der Waals surface area contributed by atoms with Crippen molar-refractivity contribution >= 4 is 22.5 Å². The van der Waals surface area contributed by atoms with Crippen LogP contribution in [0.15, 0.2) is 48.5 Å². The molecule has 0 bridgehead atoms. The molecule has 0 radical (unpaired) electrons. The summed E-state index contributed by atoms with van der Waals surface area (Å²) in [5.41, 5.74) is 5.28. The highest BCUT2D eigenvalue weighted by molar-refractivity contribution is 6.17. The van der Waals surface area contributed by atoms with E-state index in [1.165, 1.54) is 0 Å². The Kier molecular flexibility index (Phi) is 3.80. The van der Waals surface area contributed by atoms with E-state index in [0.717, 1.165) is 39.0 Å². The lowest BCUT2D eigenvalue weighted by molar-refractivity contribution is 0.419. The van der Waals surface area contributed by atoms with Gasteiger partial charge >= 0.3 is 0 Å². The minimum atomic E-state index is 0.529. The first-order chi connectivity index (χ1) is 10.2. The molecule has 0 fully saturated rings. The monoisotopic (exact) mass is 297 g/mol. The van der Waals surface area contributed by atoms with E-state index < -0.39 is 0 Å². The quantitative estimate of drug-likeness (QED) is 0.638. The van der Waals surface area contributed by atoms with Gasteiger partial charge in [0.25, 0.3) is 0 Å². The second-order valence-electron chi connectivity index (χ2n) is 5.01. The Morgan fingerprint density at radius 2 is 1.86 bits per heavy atom. The largest absolute Gasteiger partial charge is 0.496 e. The van der Waals surface area contributed by atoms with Crippen molar-refractivity contribution in [3.63, 3.8) is 0 Å². The van der Waals surface area contributed by atoms with Gasteiger partial charge in [0.05, 0.1) is 18.3 Å². The molecule has 0 aliphatic heterocycles. The number of aryl methyl sites for hydroxylation is 1.